The Balaban J connectivity index is 1.54. The van der Waals surface area contributed by atoms with Crippen LogP contribution in [0.2, 0.25) is 0 Å². The lowest BCUT2D eigenvalue weighted by Crippen LogP contribution is -2.29. The van der Waals surface area contributed by atoms with E-state index in [0.29, 0.717) is 0 Å². The highest BCUT2D eigenvalue weighted by atomic mass is 32.2. The predicted octanol–water partition coefficient (Wildman–Crippen LogP) is 2.63. The molecule has 2 unspecified atom stereocenters. The van der Waals surface area contributed by atoms with Crippen LogP contribution in [0, 0.1) is 0 Å². The molecule has 0 aliphatic carbocycles. The van der Waals surface area contributed by atoms with E-state index in [1.54, 1.807) is 12.1 Å². The van der Waals surface area contributed by atoms with Gasteiger partial charge in [-0.15, -0.1) is 0 Å². The zero-order chi connectivity index (χ0) is 19.6. The van der Waals surface area contributed by atoms with Crippen LogP contribution >= 0.6 is 0 Å². The van der Waals surface area contributed by atoms with Gasteiger partial charge in [-0.3, -0.25) is 5.43 Å². The average Bonchev–Trinajstić information content (AvgIpc) is 3.17. The molecular weight excluding hydrogens is 372 g/mol. The van der Waals surface area contributed by atoms with Crippen LogP contribution in [-0.2, 0) is 10.0 Å². The zero-order valence-electron chi connectivity index (χ0n) is 15.2. The van der Waals surface area contributed by atoms with E-state index in [2.05, 4.69) is 52.6 Å². The first-order chi connectivity index (χ1) is 13.5. The number of rotatable bonds is 5. The third-order valence-corrected chi connectivity index (χ3v) is 5.80. The van der Waals surface area contributed by atoms with Crippen molar-refractivity contribution in [2.24, 2.45) is 5.14 Å². The van der Waals surface area contributed by atoms with Crippen molar-refractivity contribution in [2.75, 3.05) is 11.9 Å². The predicted molar refractivity (Wildman–Crippen MR) is 111 cm³/mol. The maximum absolute atomic E-state index is 11.4. The number of sulfonamides is 1. The van der Waals surface area contributed by atoms with E-state index in [1.165, 1.54) is 28.8 Å². The summed E-state index contributed by atoms with van der Waals surface area (Å²) in [4.78, 5) is 0.104. The first kappa shape index (κ1) is 18.6. The van der Waals surface area contributed by atoms with E-state index in [-0.39, 0.29) is 17.0 Å². The fraction of sp³-hybridized carbons (Fsp3) is 0.143. The van der Waals surface area contributed by atoms with Crippen LogP contribution in [-0.4, -0.2) is 21.0 Å². The lowest BCUT2D eigenvalue weighted by molar-refractivity contribution is 0.564. The van der Waals surface area contributed by atoms with E-state index < -0.39 is 10.0 Å². The van der Waals surface area contributed by atoms with Crippen molar-refractivity contribution in [3.05, 3.63) is 84.4 Å². The molecule has 3 aromatic rings. The summed E-state index contributed by atoms with van der Waals surface area (Å²) in [7, 11) is -3.68. The van der Waals surface area contributed by atoms with Gasteiger partial charge in [0, 0.05) is 12.2 Å². The van der Waals surface area contributed by atoms with E-state index in [9.17, 15) is 8.42 Å². The van der Waals surface area contributed by atoms with E-state index in [4.69, 9.17) is 5.14 Å². The fourth-order valence-corrected chi connectivity index (χ4v) is 3.96. The lowest BCUT2D eigenvalue weighted by Gasteiger charge is -2.22. The molecule has 6 nitrogen and oxygen atoms in total. The zero-order valence-corrected chi connectivity index (χ0v) is 16.0. The summed E-state index contributed by atoms with van der Waals surface area (Å²) in [5, 5.41) is 8.63. The molecule has 1 heterocycles. The largest absolute Gasteiger partial charge is 0.379 e. The van der Waals surface area contributed by atoms with Crippen LogP contribution in [0.25, 0.3) is 11.1 Å². The SMILES string of the molecule is NS(=O)(=O)c1ccc(NC2CNNC2c2cccc(-c3ccccc3)c2)cc1. The molecule has 0 bridgehead atoms. The second-order valence-electron chi connectivity index (χ2n) is 6.81. The molecule has 0 radical (unpaired) electrons. The van der Waals surface area contributed by atoms with Gasteiger partial charge >= 0.3 is 0 Å². The highest BCUT2D eigenvalue weighted by molar-refractivity contribution is 7.89. The standard InChI is InChI=1S/C21H22N4O2S/c22-28(26,27)19-11-9-18(10-12-19)24-20-14-23-25-21(20)17-8-4-7-16(13-17)15-5-2-1-3-6-15/h1-13,20-21,23-25H,14H2,(H2,22,26,27). The molecule has 3 aromatic carbocycles. The van der Waals surface area contributed by atoms with Crippen molar-refractivity contribution in [1.82, 2.24) is 10.9 Å². The van der Waals surface area contributed by atoms with Crippen LogP contribution in [0.3, 0.4) is 0 Å². The Labute approximate surface area is 164 Å². The summed E-state index contributed by atoms with van der Waals surface area (Å²) < 4.78 is 22.8. The van der Waals surface area contributed by atoms with Gasteiger partial charge < -0.3 is 5.32 Å². The van der Waals surface area contributed by atoms with Gasteiger partial charge in [-0.2, -0.15) is 0 Å². The summed E-state index contributed by atoms with van der Waals surface area (Å²) in [6, 6.07) is 25.4. The number of benzene rings is 3. The van der Waals surface area contributed by atoms with Crippen LogP contribution < -0.4 is 21.3 Å². The highest BCUT2D eigenvalue weighted by Crippen LogP contribution is 2.27. The number of hydrogen-bond acceptors (Lipinski definition) is 5. The van der Waals surface area contributed by atoms with Gasteiger partial charge in [0.25, 0.3) is 0 Å². The van der Waals surface area contributed by atoms with E-state index in [1.807, 2.05) is 18.2 Å². The van der Waals surface area contributed by atoms with Gasteiger partial charge in [0.15, 0.2) is 0 Å². The summed E-state index contributed by atoms with van der Waals surface area (Å²) in [6.07, 6.45) is 0. The average molecular weight is 395 g/mol. The Morgan fingerprint density at radius 1 is 0.893 bits per heavy atom. The molecule has 2 atom stereocenters. The molecule has 0 saturated carbocycles. The minimum Gasteiger partial charge on any atom is -0.379 e. The van der Waals surface area contributed by atoms with Gasteiger partial charge in [-0.25, -0.2) is 19.0 Å². The van der Waals surface area contributed by atoms with Crippen molar-refractivity contribution in [1.29, 1.82) is 0 Å². The molecule has 144 valence electrons. The van der Waals surface area contributed by atoms with Gasteiger partial charge in [-0.05, 0) is 47.0 Å². The second kappa shape index (κ2) is 7.73. The summed E-state index contributed by atoms with van der Waals surface area (Å²) in [5.41, 5.74) is 10.9. The normalized spacial score (nSPS) is 19.5. The number of hydrazine groups is 1. The second-order valence-corrected chi connectivity index (χ2v) is 8.38. The smallest absolute Gasteiger partial charge is 0.238 e. The highest BCUT2D eigenvalue weighted by Gasteiger charge is 2.28. The Morgan fingerprint density at radius 3 is 2.32 bits per heavy atom. The topological polar surface area (TPSA) is 96.2 Å². The van der Waals surface area contributed by atoms with E-state index in [0.717, 1.165) is 12.2 Å². The molecule has 1 saturated heterocycles. The molecule has 1 fully saturated rings. The van der Waals surface area contributed by atoms with Gasteiger partial charge in [0.2, 0.25) is 10.0 Å². The van der Waals surface area contributed by atoms with Crippen LogP contribution in [0.1, 0.15) is 11.6 Å². The third-order valence-electron chi connectivity index (χ3n) is 4.87. The molecule has 1 aliphatic heterocycles. The first-order valence-electron chi connectivity index (χ1n) is 9.04. The summed E-state index contributed by atoms with van der Waals surface area (Å²) >= 11 is 0. The van der Waals surface area contributed by atoms with Crippen molar-refractivity contribution >= 4 is 15.7 Å². The van der Waals surface area contributed by atoms with Crippen molar-refractivity contribution in [3.63, 3.8) is 0 Å². The Kier molecular flexibility index (Phi) is 5.15. The Bertz CT molecular complexity index is 1050. The minimum absolute atomic E-state index is 0.0709. The van der Waals surface area contributed by atoms with Crippen LogP contribution in [0.4, 0.5) is 5.69 Å². The lowest BCUT2D eigenvalue weighted by atomic mass is 9.96. The monoisotopic (exact) mass is 394 g/mol. The molecule has 5 N–H and O–H groups in total. The van der Waals surface area contributed by atoms with Crippen LogP contribution in [0.15, 0.2) is 83.8 Å². The van der Waals surface area contributed by atoms with Gasteiger partial charge in [-0.1, -0.05) is 48.5 Å². The third kappa shape index (κ3) is 4.07. The quantitative estimate of drug-likeness (QED) is 0.534. The molecule has 7 heteroatoms. The fourth-order valence-electron chi connectivity index (χ4n) is 3.44. The molecule has 0 spiro atoms. The Morgan fingerprint density at radius 2 is 1.61 bits per heavy atom. The van der Waals surface area contributed by atoms with E-state index >= 15 is 0 Å². The van der Waals surface area contributed by atoms with Gasteiger partial charge in [0.1, 0.15) is 0 Å². The maximum Gasteiger partial charge on any atom is 0.238 e. The number of primary sulfonamides is 1. The number of nitrogens with two attached hydrogens (primary N) is 1. The van der Waals surface area contributed by atoms with Crippen LogP contribution in [0.5, 0.6) is 0 Å². The minimum atomic E-state index is -3.68. The maximum atomic E-state index is 11.4. The number of hydrogen-bond donors (Lipinski definition) is 4. The summed E-state index contributed by atoms with van der Waals surface area (Å²) in [6.45, 7) is 0.733. The number of nitrogens with one attached hydrogen (secondary N) is 3. The summed E-state index contributed by atoms with van der Waals surface area (Å²) in [5.74, 6) is 0. The molecule has 4 rings (SSSR count). The molecule has 1 aliphatic rings. The van der Waals surface area contributed by atoms with Crippen molar-refractivity contribution < 1.29 is 8.42 Å². The molecule has 28 heavy (non-hydrogen) atoms. The molecule has 0 amide bonds. The molecule has 0 aromatic heterocycles. The first-order valence-corrected chi connectivity index (χ1v) is 10.6. The number of anilines is 1. The Hall–Kier alpha value is -2.71. The van der Waals surface area contributed by atoms with Crippen molar-refractivity contribution in [2.45, 2.75) is 17.0 Å². The van der Waals surface area contributed by atoms with Crippen molar-refractivity contribution in [3.8, 4) is 11.1 Å². The molecular formula is C21H22N4O2S. The van der Waals surface area contributed by atoms with Gasteiger partial charge in [0.05, 0.1) is 17.0 Å².